The molecule has 5 nitrogen and oxygen atoms in total. The van der Waals surface area contributed by atoms with E-state index in [1.54, 1.807) is 6.20 Å². The molecule has 5 heteroatoms. The van der Waals surface area contributed by atoms with Gasteiger partial charge < -0.3 is 16.0 Å². The molecule has 1 heterocycles. The fourth-order valence-electron chi connectivity index (χ4n) is 2.63. The number of carbonyl (C=O) groups is 1. The Balaban J connectivity index is 1.63. The van der Waals surface area contributed by atoms with Gasteiger partial charge in [-0.15, -0.1) is 0 Å². The van der Waals surface area contributed by atoms with Gasteiger partial charge in [0.15, 0.2) is 0 Å². The molecule has 2 rings (SSSR count). The summed E-state index contributed by atoms with van der Waals surface area (Å²) in [4.78, 5) is 16.3. The van der Waals surface area contributed by atoms with Gasteiger partial charge in [0, 0.05) is 25.3 Å². The zero-order valence-electron chi connectivity index (χ0n) is 13.0. The number of amides is 1. The monoisotopic (exact) mass is 290 g/mol. The van der Waals surface area contributed by atoms with Crippen LogP contribution in [-0.2, 0) is 4.79 Å². The van der Waals surface area contributed by atoms with E-state index in [0.717, 1.165) is 37.3 Å². The van der Waals surface area contributed by atoms with Crippen molar-refractivity contribution in [3.63, 3.8) is 0 Å². The number of nitrogens with zero attached hydrogens (tertiary/aromatic N) is 1. The van der Waals surface area contributed by atoms with Crippen molar-refractivity contribution in [1.29, 1.82) is 0 Å². The molecular weight excluding hydrogens is 264 g/mol. The first-order valence-corrected chi connectivity index (χ1v) is 7.86. The predicted molar refractivity (Wildman–Crippen MR) is 85.3 cm³/mol. The Morgan fingerprint density at radius 2 is 2.14 bits per heavy atom. The number of aryl methyl sites for hydroxylation is 1. The third-order valence-corrected chi connectivity index (χ3v) is 3.97. The van der Waals surface area contributed by atoms with E-state index in [4.69, 9.17) is 0 Å². The van der Waals surface area contributed by atoms with Gasteiger partial charge in [0.05, 0.1) is 6.04 Å². The smallest absolute Gasteiger partial charge is 0.237 e. The Kier molecular flexibility index (Phi) is 5.99. The number of hydrogen-bond donors (Lipinski definition) is 3. The SMILES string of the molecule is Cc1cccnc1NCCNC(C)C(=O)NC1CCCC1. The molecule has 0 saturated heterocycles. The molecule has 0 radical (unpaired) electrons. The minimum Gasteiger partial charge on any atom is -0.369 e. The number of pyridine rings is 1. The number of anilines is 1. The lowest BCUT2D eigenvalue weighted by Gasteiger charge is -2.18. The van der Waals surface area contributed by atoms with Crippen molar-refractivity contribution >= 4 is 11.7 Å². The first-order chi connectivity index (χ1) is 10.2. The quantitative estimate of drug-likeness (QED) is 0.670. The van der Waals surface area contributed by atoms with Gasteiger partial charge in [-0.05, 0) is 38.3 Å². The third kappa shape index (κ3) is 5.01. The van der Waals surface area contributed by atoms with Crippen molar-refractivity contribution in [3.05, 3.63) is 23.9 Å². The maximum Gasteiger partial charge on any atom is 0.237 e. The summed E-state index contributed by atoms with van der Waals surface area (Å²) in [6, 6.07) is 4.18. The molecule has 0 spiro atoms. The van der Waals surface area contributed by atoms with Crippen LogP contribution in [0.3, 0.4) is 0 Å². The van der Waals surface area contributed by atoms with Crippen molar-refractivity contribution in [2.24, 2.45) is 0 Å². The molecule has 1 atom stereocenters. The van der Waals surface area contributed by atoms with Crippen LogP contribution in [0, 0.1) is 6.92 Å². The molecule has 1 aromatic heterocycles. The van der Waals surface area contributed by atoms with E-state index in [1.165, 1.54) is 12.8 Å². The zero-order chi connectivity index (χ0) is 15.1. The summed E-state index contributed by atoms with van der Waals surface area (Å²) in [6.07, 6.45) is 6.50. The summed E-state index contributed by atoms with van der Waals surface area (Å²) >= 11 is 0. The normalized spacial score (nSPS) is 16.7. The second-order valence-corrected chi connectivity index (χ2v) is 5.76. The fourth-order valence-corrected chi connectivity index (χ4v) is 2.63. The summed E-state index contributed by atoms with van der Waals surface area (Å²) in [5.41, 5.74) is 1.13. The van der Waals surface area contributed by atoms with Gasteiger partial charge in [-0.25, -0.2) is 4.98 Å². The van der Waals surface area contributed by atoms with Crippen LogP contribution in [0.1, 0.15) is 38.2 Å². The highest BCUT2D eigenvalue weighted by molar-refractivity contribution is 5.81. The summed E-state index contributed by atoms with van der Waals surface area (Å²) < 4.78 is 0. The van der Waals surface area contributed by atoms with E-state index < -0.39 is 0 Å². The van der Waals surface area contributed by atoms with Crippen molar-refractivity contribution in [3.8, 4) is 0 Å². The van der Waals surface area contributed by atoms with Crippen molar-refractivity contribution in [2.75, 3.05) is 18.4 Å². The third-order valence-electron chi connectivity index (χ3n) is 3.97. The Hall–Kier alpha value is -1.62. The summed E-state index contributed by atoms with van der Waals surface area (Å²) in [5, 5.41) is 9.63. The number of carbonyl (C=O) groups excluding carboxylic acids is 1. The lowest BCUT2D eigenvalue weighted by molar-refractivity contribution is -0.123. The lowest BCUT2D eigenvalue weighted by atomic mass is 10.2. The van der Waals surface area contributed by atoms with Gasteiger partial charge in [0.2, 0.25) is 5.91 Å². The van der Waals surface area contributed by atoms with Crippen LogP contribution in [0.4, 0.5) is 5.82 Å². The number of nitrogens with one attached hydrogen (secondary N) is 3. The van der Waals surface area contributed by atoms with Gasteiger partial charge in [-0.3, -0.25) is 4.79 Å². The molecule has 1 fully saturated rings. The van der Waals surface area contributed by atoms with Crippen LogP contribution < -0.4 is 16.0 Å². The highest BCUT2D eigenvalue weighted by atomic mass is 16.2. The molecule has 1 saturated carbocycles. The number of rotatable bonds is 7. The zero-order valence-corrected chi connectivity index (χ0v) is 13.0. The van der Waals surface area contributed by atoms with E-state index in [2.05, 4.69) is 20.9 Å². The maximum absolute atomic E-state index is 12.0. The molecular formula is C16H26N4O. The van der Waals surface area contributed by atoms with Gasteiger partial charge in [-0.1, -0.05) is 18.9 Å². The van der Waals surface area contributed by atoms with Crippen molar-refractivity contribution < 1.29 is 4.79 Å². The van der Waals surface area contributed by atoms with E-state index in [9.17, 15) is 4.79 Å². The first kappa shape index (κ1) is 15.8. The topological polar surface area (TPSA) is 66.0 Å². The molecule has 1 aromatic rings. The van der Waals surface area contributed by atoms with Crippen LogP contribution in [0.15, 0.2) is 18.3 Å². The molecule has 1 aliphatic rings. The van der Waals surface area contributed by atoms with E-state index in [-0.39, 0.29) is 11.9 Å². The van der Waals surface area contributed by atoms with E-state index in [0.29, 0.717) is 6.04 Å². The van der Waals surface area contributed by atoms with Crippen molar-refractivity contribution in [2.45, 2.75) is 51.6 Å². The molecule has 1 aliphatic carbocycles. The molecule has 21 heavy (non-hydrogen) atoms. The summed E-state index contributed by atoms with van der Waals surface area (Å²) in [6.45, 7) is 5.42. The van der Waals surface area contributed by atoms with Crippen LogP contribution in [0.25, 0.3) is 0 Å². The lowest BCUT2D eigenvalue weighted by Crippen LogP contribution is -2.46. The van der Waals surface area contributed by atoms with Gasteiger partial charge in [-0.2, -0.15) is 0 Å². The molecule has 1 unspecified atom stereocenters. The minimum absolute atomic E-state index is 0.107. The Labute approximate surface area is 126 Å². The van der Waals surface area contributed by atoms with Crippen LogP contribution in [0.5, 0.6) is 0 Å². The molecule has 116 valence electrons. The molecule has 0 aromatic carbocycles. The first-order valence-electron chi connectivity index (χ1n) is 7.86. The average molecular weight is 290 g/mol. The van der Waals surface area contributed by atoms with Gasteiger partial charge in [0.1, 0.15) is 5.82 Å². The Bertz CT molecular complexity index is 457. The molecule has 1 amide bonds. The summed E-state index contributed by atoms with van der Waals surface area (Å²) in [5.74, 6) is 1.01. The van der Waals surface area contributed by atoms with Gasteiger partial charge in [0.25, 0.3) is 0 Å². The van der Waals surface area contributed by atoms with Crippen LogP contribution in [-0.4, -0.2) is 36.1 Å². The standard InChI is InChI=1S/C16H26N4O/c1-12-6-5-9-18-15(12)19-11-10-17-13(2)16(21)20-14-7-3-4-8-14/h5-6,9,13-14,17H,3-4,7-8,10-11H2,1-2H3,(H,18,19)(H,20,21). The second kappa shape index (κ2) is 7.98. The van der Waals surface area contributed by atoms with E-state index in [1.807, 2.05) is 26.0 Å². The van der Waals surface area contributed by atoms with Gasteiger partial charge >= 0.3 is 0 Å². The molecule has 3 N–H and O–H groups in total. The van der Waals surface area contributed by atoms with Crippen LogP contribution >= 0.6 is 0 Å². The maximum atomic E-state index is 12.0. The predicted octanol–water partition coefficient (Wildman–Crippen LogP) is 1.84. The second-order valence-electron chi connectivity index (χ2n) is 5.76. The molecule has 0 bridgehead atoms. The van der Waals surface area contributed by atoms with E-state index >= 15 is 0 Å². The average Bonchev–Trinajstić information content (AvgIpc) is 2.98. The minimum atomic E-state index is -0.155. The fraction of sp³-hybridized carbons (Fsp3) is 0.625. The number of aromatic nitrogens is 1. The highest BCUT2D eigenvalue weighted by Gasteiger charge is 2.19. The number of hydrogen-bond acceptors (Lipinski definition) is 4. The highest BCUT2D eigenvalue weighted by Crippen LogP contribution is 2.17. The Morgan fingerprint density at radius 1 is 1.38 bits per heavy atom. The molecule has 0 aliphatic heterocycles. The Morgan fingerprint density at radius 3 is 2.86 bits per heavy atom. The summed E-state index contributed by atoms with van der Waals surface area (Å²) in [7, 11) is 0. The largest absolute Gasteiger partial charge is 0.369 e. The van der Waals surface area contributed by atoms with Crippen LogP contribution in [0.2, 0.25) is 0 Å². The van der Waals surface area contributed by atoms with Crippen molar-refractivity contribution in [1.82, 2.24) is 15.6 Å².